The van der Waals surface area contributed by atoms with Crippen LogP contribution >= 0.6 is 0 Å². The number of carbonyl (C=O) groups is 2. The van der Waals surface area contributed by atoms with Gasteiger partial charge in [0.25, 0.3) is 0 Å². The van der Waals surface area contributed by atoms with E-state index in [1.165, 1.54) is 141 Å². The molecule has 5 heteroatoms. The number of hydrogen-bond donors (Lipinski definition) is 0. The van der Waals surface area contributed by atoms with Crippen molar-refractivity contribution in [2.75, 3.05) is 13.2 Å². The van der Waals surface area contributed by atoms with Gasteiger partial charge in [0.1, 0.15) is 17.2 Å². The van der Waals surface area contributed by atoms with Crippen LogP contribution in [0.5, 0.6) is 17.2 Å². The van der Waals surface area contributed by atoms with Crippen molar-refractivity contribution in [1.29, 1.82) is 0 Å². The average Bonchev–Trinajstić information content (AvgIpc) is 3.21. The standard InChI is InChI=1S/C50H70O5/c1-3-5-7-9-11-13-14-15-16-17-18-20-22-24-41-53-46-34-28-43(29-35-46)32-38-49(51)45-26-25-27-48(42-45)55-50(52)39-33-44-30-36-47(37-31-44)54-40-23-21-19-12-10-8-6-4-2/h25-39,42H,3-24,40-41H2,1-2H3/b38-32+,39-33+. The summed E-state index contributed by atoms with van der Waals surface area (Å²) in [4.78, 5) is 25.4. The average molecular weight is 751 g/mol. The van der Waals surface area contributed by atoms with Gasteiger partial charge in [-0.1, -0.05) is 185 Å². The van der Waals surface area contributed by atoms with E-state index >= 15 is 0 Å². The number of ether oxygens (including phenoxy) is 3. The summed E-state index contributed by atoms with van der Waals surface area (Å²) in [6.07, 6.45) is 35.4. The molecule has 0 radical (unpaired) electrons. The number of rotatable bonds is 32. The Bertz CT molecular complexity index is 1490. The lowest BCUT2D eigenvalue weighted by atomic mass is 10.0. The Morgan fingerprint density at radius 2 is 0.855 bits per heavy atom. The van der Waals surface area contributed by atoms with Gasteiger partial charge in [-0.3, -0.25) is 4.79 Å². The highest BCUT2D eigenvalue weighted by atomic mass is 16.5. The van der Waals surface area contributed by atoms with E-state index in [1.54, 1.807) is 36.4 Å². The van der Waals surface area contributed by atoms with E-state index in [2.05, 4.69) is 13.8 Å². The van der Waals surface area contributed by atoms with Gasteiger partial charge in [-0.05, 0) is 72.5 Å². The van der Waals surface area contributed by atoms with Crippen molar-refractivity contribution in [2.45, 2.75) is 155 Å². The highest BCUT2D eigenvalue weighted by molar-refractivity contribution is 6.07. The molecular weight excluding hydrogens is 681 g/mol. The van der Waals surface area contributed by atoms with E-state index < -0.39 is 5.97 Å². The summed E-state index contributed by atoms with van der Waals surface area (Å²) >= 11 is 0. The van der Waals surface area contributed by atoms with E-state index in [9.17, 15) is 9.59 Å². The van der Waals surface area contributed by atoms with Gasteiger partial charge in [-0.15, -0.1) is 0 Å². The van der Waals surface area contributed by atoms with Crippen LogP contribution in [0.2, 0.25) is 0 Å². The fraction of sp³-hybridized carbons (Fsp3) is 0.520. The largest absolute Gasteiger partial charge is 0.494 e. The van der Waals surface area contributed by atoms with Crippen LogP contribution in [-0.2, 0) is 4.79 Å². The summed E-state index contributed by atoms with van der Waals surface area (Å²) in [5.41, 5.74) is 2.23. The lowest BCUT2D eigenvalue weighted by Gasteiger charge is -2.07. The minimum absolute atomic E-state index is 0.170. The molecule has 5 nitrogen and oxygen atoms in total. The fourth-order valence-corrected chi connectivity index (χ4v) is 6.56. The van der Waals surface area contributed by atoms with E-state index in [1.807, 2.05) is 48.5 Å². The Morgan fingerprint density at radius 3 is 1.29 bits per heavy atom. The minimum atomic E-state index is -0.512. The maximum absolute atomic E-state index is 12.9. The van der Waals surface area contributed by atoms with Crippen molar-refractivity contribution in [3.05, 3.63) is 102 Å². The number of ketones is 1. The van der Waals surface area contributed by atoms with Gasteiger partial charge in [0, 0.05) is 11.6 Å². The van der Waals surface area contributed by atoms with Crippen LogP contribution in [0.25, 0.3) is 12.2 Å². The number of benzene rings is 3. The first-order chi connectivity index (χ1) is 27.1. The van der Waals surface area contributed by atoms with Gasteiger partial charge in [0.05, 0.1) is 13.2 Å². The molecule has 0 atom stereocenters. The Labute approximate surface area is 334 Å². The molecule has 55 heavy (non-hydrogen) atoms. The first-order valence-electron chi connectivity index (χ1n) is 21.8. The molecular formula is C50H70O5. The predicted octanol–water partition coefficient (Wildman–Crippen LogP) is 14.6. The summed E-state index contributed by atoms with van der Waals surface area (Å²) in [6, 6.07) is 22.2. The van der Waals surface area contributed by atoms with Crippen molar-refractivity contribution in [1.82, 2.24) is 0 Å². The lowest BCUT2D eigenvalue weighted by Crippen LogP contribution is -2.04. The maximum atomic E-state index is 12.9. The van der Waals surface area contributed by atoms with Crippen LogP contribution in [0.1, 0.15) is 177 Å². The molecule has 300 valence electrons. The van der Waals surface area contributed by atoms with Crippen LogP contribution in [0.15, 0.2) is 84.9 Å². The number of unbranched alkanes of at least 4 members (excludes halogenated alkanes) is 20. The number of carbonyl (C=O) groups excluding carboxylic acids is 2. The molecule has 0 saturated heterocycles. The number of allylic oxidation sites excluding steroid dienone is 1. The SMILES string of the molecule is CCCCCCCCCCCCCCCCOc1ccc(/C=C/C(=O)c2cccc(OC(=O)/C=C/c3ccc(OCCCCCCCCCC)cc3)c2)cc1. The summed E-state index contributed by atoms with van der Waals surface area (Å²) < 4.78 is 17.3. The monoisotopic (exact) mass is 751 g/mol. The maximum Gasteiger partial charge on any atom is 0.336 e. The molecule has 0 N–H and O–H groups in total. The third-order valence-electron chi connectivity index (χ3n) is 9.97. The van der Waals surface area contributed by atoms with Gasteiger partial charge in [0.2, 0.25) is 0 Å². The van der Waals surface area contributed by atoms with E-state index in [-0.39, 0.29) is 5.78 Å². The van der Waals surface area contributed by atoms with Crippen molar-refractivity contribution >= 4 is 23.9 Å². The minimum Gasteiger partial charge on any atom is -0.494 e. The normalized spacial score (nSPS) is 11.4. The van der Waals surface area contributed by atoms with E-state index in [0.717, 1.165) is 48.7 Å². The zero-order chi connectivity index (χ0) is 39.0. The van der Waals surface area contributed by atoms with Gasteiger partial charge >= 0.3 is 5.97 Å². The van der Waals surface area contributed by atoms with Crippen molar-refractivity contribution < 1.29 is 23.8 Å². The molecule has 0 heterocycles. The Hall–Kier alpha value is -4.12. The quantitative estimate of drug-likeness (QED) is 0.0209. The number of esters is 1. The molecule has 0 aromatic heterocycles. The molecule has 0 fully saturated rings. The zero-order valence-electron chi connectivity index (χ0n) is 34.2. The van der Waals surface area contributed by atoms with Crippen molar-refractivity contribution in [3.63, 3.8) is 0 Å². The first-order valence-corrected chi connectivity index (χ1v) is 21.8. The van der Waals surface area contributed by atoms with Crippen molar-refractivity contribution in [2.24, 2.45) is 0 Å². The molecule has 0 unspecified atom stereocenters. The Morgan fingerprint density at radius 1 is 0.455 bits per heavy atom. The lowest BCUT2D eigenvalue weighted by molar-refractivity contribution is -0.128. The molecule has 0 bridgehead atoms. The van der Waals surface area contributed by atoms with Gasteiger partial charge in [-0.2, -0.15) is 0 Å². The molecule has 3 rings (SSSR count). The van der Waals surface area contributed by atoms with Gasteiger partial charge < -0.3 is 14.2 Å². The van der Waals surface area contributed by atoms with E-state index in [4.69, 9.17) is 14.2 Å². The zero-order valence-corrected chi connectivity index (χ0v) is 34.2. The second kappa shape index (κ2) is 30.1. The fourth-order valence-electron chi connectivity index (χ4n) is 6.56. The molecule has 0 amide bonds. The molecule has 0 aliphatic heterocycles. The molecule has 0 aliphatic carbocycles. The molecule has 0 aliphatic rings. The van der Waals surface area contributed by atoms with Gasteiger partial charge in [-0.25, -0.2) is 4.79 Å². The second-order valence-corrected chi connectivity index (χ2v) is 14.9. The first kappa shape index (κ1) is 45.3. The number of hydrogen-bond acceptors (Lipinski definition) is 5. The predicted molar refractivity (Wildman–Crippen MR) is 231 cm³/mol. The molecule has 3 aromatic carbocycles. The third kappa shape index (κ3) is 22.1. The van der Waals surface area contributed by atoms with Crippen LogP contribution in [0.3, 0.4) is 0 Å². The Balaban J connectivity index is 1.27. The molecule has 0 spiro atoms. The smallest absolute Gasteiger partial charge is 0.336 e. The highest BCUT2D eigenvalue weighted by Crippen LogP contribution is 2.19. The third-order valence-corrected chi connectivity index (χ3v) is 9.97. The Kier molecular flexibility index (Phi) is 24.8. The highest BCUT2D eigenvalue weighted by Gasteiger charge is 2.07. The van der Waals surface area contributed by atoms with E-state index in [0.29, 0.717) is 11.3 Å². The topological polar surface area (TPSA) is 61.8 Å². The van der Waals surface area contributed by atoms with Crippen LogP contribution in [-0.4, -0.2) is 25.0 Å². The molecule has 3 aromatic rings. The summed E-state index contributed by atoms with van der Waals surface area (Å²) in [7, 11) is 0. The van der Waals surface area contributed by atoms with Crippen LogP contribution < -0.4 is 14.2 Å². The second-order valence-electron chi connectivity index (χ2n) is 14.9. The summed E-state index contributed by atoms with van der Waals surface area (Å²) in [5.74, 6) is 1.31. The summed E-state index contributed by atoms with van der Waals surface area (Å²) in [5, 5.41) is 0. The van der Waals surface area contributed by atoms with Crippen LogP contribution in [0.4, 0.5) is 0 Å². The summed E-state index contributed by atoms with van der Waals surface area (Å²) in [6.45, 7) is 5.97. The van der Waals surface area contributed by atoms with Gasteiger partial charge in [0.15, 0.2) is 5.78 Å². The van der Waals surface area contributed by atoms with Crippen molar-refractivity contribution in [3.8, 4) is 17.2 Å². The van der Waals surface area contributed by atoms with Crippen LogP contribution in [0, 0.1) is 0 Å². The molecule has 0 saturated carbocycles.